The summed E-state index contributed by atoms with van der Waals surface area (Å²) < 4.78 is 39.5. The van der Waals surface area contributed by atoms with E-state index in [2.05, 4.69) is 15.0 Å². The summed E-state index contributed by atoms with van der Waals surface area (Å²) in [4.78, 5) is 29.6. The number of ether oxygens (including phenoxy) is 1. The van der Waals surface area contributed by atoms with Crippen molar-refractivity contribution < 1.29 is 27.2 Å². The Balaban J connectivity index is 1.44. The SMILES string of the molecule is Cc1cccc2oc(C(=O)Nc3ccc(-c4ccc(S(=O)(=O)N[C@H](C(=O)OC(C)(C)C)C(C)C)cc4)cc3)nc12. The maximum atomic E-state index is 13.0. The molecule has 0 aliphatic rings. The molecular formula is C30H33N3O6S. The normalized spacial score (nSPS) is 12.9. The molecule has 0 spiro atoms. The van der Waals surface area contributed by atoms with E-state index in [1.54, 1.807) is 65.0 Å². The Hall–Kier alpha value is -4.02. The Labute approximate surface area is 234 Å². The maximum absolute atomic E-state index is 13.0. The van der Waals surface area contributed by atoms with E-state index in [1.165, 1.54) is 12.1 Å². The first-order valence-corrected chi connectivity index (χ1v) is 14.3. The first kappa shape index (κ1) is 29.0. The number of carbonyl (C=O) groups is 2. The Kier molecular flexibility index (Phi) is 8.13. The molecule has 0 radical (unpaired) electrons. The topological polar surface area (TPSA) is 128 Å². The van der Waals surface area contributed by atoms with E-state index < -0.39 is 33.5 Å². The van der Waals surface area contributed by atoms with Crippen molar-refractivity contribution in [1.82, 2.24) is 9.71 Å². The molecule has 0 saturated heterocycles. The van der Waals surface area contributed by atoms with E-state index >= 15 is 0 Å². The molecule has 40 heavy (non-hydrogen) atoms. The lowest BCUT2D eigenvalue weighted by molar-refractivity contribution is -0.158. The Bertz CT molecular complexity index is 1630. The van der Waals surface area contributed by atoms with E-state index in [-0.39, 0.29) is 16.7 Å². The summed E-state index contributed by atoms with van der Waals surface area (Å²) in [6.45, 7) is 10.6. The Morgan fingerprint density at radius 1 is 0.925 bits per heavy atom. The van der Waals surface area contributed by atoms with Gasteiger partial charge in [0.15, 0.2) is 5.58 Å². The highest BCUT2D eigenvalue weighted by Gasteiger charge is 2.32. The molecule has 4 aromatic rings. The summed E-state index contributed by atoms with van der Waals surface area (Å²) in [6, 6.07) is 17.9. The van der Waals surface area contributed by atoms with Crippen molar-refractivity contribution in [3.05, 3.63) is 78.2 Å². The molecule has 0 aliphatic carbocycles. The summed E-state index contributed by atoms with van der Waals surface area (Å²) in [5, 5.41) is 2.78. The number of amides is 1. The number of hydrogen-bond acceptors (Lipinski definition) is 7. The molecule has 4 rings (SSSR count). The fourth-order valence-corrected chi connectivity index (χ4v) is 5.33. The minimum Gasteiger partial charge on any atom is -0.459 e. The first-order valence-electron chi connectivity index (χ1n) is 12.9. The lowest BCUT2D eigenvalue weighted by Crippen LogP contribution is -2.47. The first-order chi connectivity index (χ1) is 18.7. The lowest BCUT2D eigenvalue weighted by Gasteiger charge is -2.26. The van der Waals surface area contributed by atoms with Gasteiger partial charge in [-0.05, 0) is 80.6 Å². The highest BCUT2D eigenvalue weighted by Crippen LogP contribution is 2.25. The second kappa shape index (κ2) is 11.2. The summed E-state index contributed by atoms with van der Waals surface area (Å²) in [5.41, 5.74) is 3.53. The molecule has 1 aromatic heterocycles. The van der Waals surface area contributed by atoms with E-state index in [1.807, 2.05) is 31.2 Å². The summed E-state index contributed by atoms with van der Waals surface area (Å²) in [6.07, 6.45) is 0. The van der Waals surface area contributed by atoms with Crippen molar-refractivity contribution in [2.45, 2.75) is 58.1 Å². The third kappa shape index (κ3) is 6.75. The summed E-state index contributed by atoms with van der Waals surface area (Å²) >= 11 is 0. The number of aryl methyl sites for hydroxylation is 1. The van der Waals surface area contributed by atoms with Crippen molar-refractivity contribution in [2.24, 2.45) is 5.92 Å². The van der Waals surface area contributed by atoms with Crippen LogP contribution in [-0.4, -0.2) is 36.9 Å². The van der Waals surface area contributed by atoms with Gasteiger partial charge < -0.3 is 14.5 Å². The highest BCUT2D eigenvalue weighted by molar-refractivity contribution is 7.89. The molecule has 0 bridgehead atoms. The van der Waals surface area contributed by atoms with Crippen molar-refractivity contribution >= 4 is 38.7 Å². The molecule has 3 aromatic carbocycles. The van der Waals surface area contributed by atoms with Crippen molar-refractivity contribution in [3.8, 4) is 11.1 Å². The van der Waals surface area contributed by atoms with Gasteiger partial charge >= 0.3 is 11.9 Å². The molecule has 0 saturated carbocycles. The Morgan fingerprint density at radius 3 is 2.08 bits per heavy atom. The number of esters is 1. The second-order valence-electron chi connectivity index (χ2n) is 10.9. The number of sulfonamides is 1. The van der Waals surface area contributed by atoms with Gasteiger partial charge in [-0.1, -0.05) is 50.2 Å². The van der Waals surface area contributed by atoms with Crippen LogP contribution in [0.25, 0.3) is 22.2 Å². The van der Waals surface area contributed by atoms with Crippen LogP contribution in [0.3, 0.4) is 0 Å². The number of fused-ring (bicyclic) bond motifs is 1. The zero-order valence-electron chi connectivity index (χ0n) is 23.3. The Morgan fingerprint density at radius 2 is 1.52 bits per heavy atom. The average Bonchev–Trinajstić information content (AvgIpc) is 3.33. The van der Waals surface area contributed by atoms with Crippen molar-refractivity contribution in [3.63, 3.8) is 0 Å². The van der Waals surface area contributed by atoms with Crippen LogP contribution in [-0.2, 0) is 19.6 Å². The molecule has 0 unspecified atom stereocenters. The number of para-hydroxylation sites is 1. The third-order valence-corrected chi connectivity index (χ3v) is 7.52. The number of carbonyl (C=O) groups excluding carboxylic acids is 2. The molecule has 1 amide bonds. The molecule has 10 heteroatoms. The van der Waals surface area contributed by atoms with Crippen LogP contribution in [0, 0.1) is 12.8 Å². The minimum absolute atomic E-state index is 0.0230. The quantitative estimate of drug-likeness (QED) is 0.263. The molecule has 0 aliphatic heterocycles. The van der Waals surface area contributed by atoms with Gasteiger partial charge in [-0.15, -0.1) is 0 Å². The van der Waals surface area contributed by atoms with Crippen LogP contribution in [0.4, 0.5) is 5.69 Å². The van der Waals surface area contributed by atoms with E-state index in [0.717, 1.165) is 16.7 Å². The van der Waals surface area contributed by atoms with Crippen molar-refractivity contribution in [2.75, 3.05) is 5.32 Å². The highest BCUT2D eigenvalue weighted by atomic mass is 32.2. The fraction of sp³-hybridized carbons (Fsp3) is 0.300. The molecule has 2 N–H and O–H groups in total. The second-order valence-corrected chi connectivity index (χ2v) is 12.6. The monoisotopic (exact) mass is 563 g/mol. The van der Waals surface area contributed by atoms with Crippen LogP contribution < -0.4 is 10.0 Å². The predicted molar refractivity (Wildman–Crippen MR) is 153 cm³/mol. The van der Waals surface area contributed by atoms with Crippen LogP contribution in [0.5, 0.6) is 0 Å². The van der Waals surface area contributed by atoms with Gasteiger partial charge in [0.1, 0.15) is 17.2 Å². The van der Waals surface area contributed by atoms with Crippen LogP contribution in [0.2, 0.25) is 0 Å². The standard InChI is InChI=1S/C30H33N3O6S/c1-18(2)25(29(35)39-30(4,5)6)33-40(36,37)23-16-12-21(13-17-23)20-10-14-22(15-11-20)31-27(34)28-32-26-19(3)8-7-9-24(26)38-28/h7-18,25,33H,1-6H3,(H,31,34)/t25-/m0/s1. The molecule has 1 heterocycles. The van der Waals surface area contributed by atoms with Crippen LogP contribution in [0.15, 0.2) is 76.0 Å². The average molecular weight is 564 g/mol. The zero-order chi connectivity index (χ0) is 29.2. The van der Waals surface area contributed by atoms with E-state index in [0.29, 0.717) is 16.8 Å². The van der Waals surface area contributed by atoms with Crippen molar-refractivity contribution in [1.29, 1.82) is 0 Å². The van der Waals surface area contributed by atoms with Gasteiger partial charge in [0.2, 0.25) is 10.0 Å². The van der Waals surface area contributed by atoms with Gasteiger partial charge in [0, 0.05) is 5.69 Å². The zero-order valence-corrected chi connectivity index (χ0v) is 24.1. The van der Waals surface area contributed by atoms with Gasteiger partial charge in [0.25, 0.3) is 5.89 Å². The number of oxazole rings is 1. The number of anilines is 1. The van der Waals surface area contributed by atoms with Gasteiger partial charge in [-0.3, -0.25) is 9.59 Å². The number of nitrogens with zero attached hydrogens (tertiary/aromatic N) is 1. The lowest BCUT2D eigenvalue weighted by atomic mass is 10.1. The van der Waals surface area contributed by atoms with Gasteiger partial charge in [-0.2, -0.15) is 4.72 Å². The van der Waals surface area contributed by atoms with Gasteiger partial charge in [-0.25, -0.2) is 13.4 Å². The molecule has 1 atom stereocenters. The van der Waals surface area contributed by atoms with E-state index in [9.17, 15) is 18.0 Å². The molecule has 210 valence electrons. The smallest absolute Gasteiger partial charge is 0.324 e. The largest absolute Gasteiger partial charge is 0.459 e. The van der Waals surface area contributed by atoms with Gasteiger partial charge in [0.05, 0.1) is 4.90 Å². The molecule has 0 fully saturated rings. The molecular weight excluding hydrogens is 530 g/mol. The minimum atomic E-state index is -3.98. The summed E-state index contributed by atoms with van der Waals surface area (Å²) in [7, 11) is -3.98. The molecule has 9 nitrogen and oxygen atoms in total. The van der Waals surface area contributed by atoms with E-state index in [4.69, 9.17) is 9.15 Å². The fourth-order valence-electron chi connectivity index (χ4n) is 4.00. The summed E-state index contributed by atoms with van der Waals surface area (Å²) in [5.74, 6) is -1.42. The number of benzene rings is 3. The number of hydrogen-bond donors (Lipinski definition) is 2. The third-order valence-electron chi connectivity index (χ3n) is 6.07. The maximum Gasteiger partial charge on any atom is 0.324 e. The predicted octanol–water partition coefficient (Wildman–Crippen LogP) is 5.70. The number of nitrogens with one attached hydrogen (secondary N) is 2. The number of rotatable bonds is 8. The van der Waals surface area contributed by atoms with Crippen LogP contribution >= 0.6 is 0 Å². The number of aromatic nitrogens is 1. The van der Waals surface area contributed by atoms with Crippen LogP contribution in [0.1, 0.15) is 50.9 Å².